The number of piperazine rings is 1. The minimum Gasteiger partial charge on any atom is -0.465 e. The fraction of sp³-hybridized carbons (Fsp3) is 0.321. The number of nitrogens with zero attached hydrogens (tertiary/aromatic N) is 2. The summed E-state index contributed by atoms with van der Waals surface area (Å²) in [5.74, 6) is 0.232. The molecule has 2 aliphatic heterocycles. The van der Waals surface area contributed by atoms with E-state index in [1.165, 1.54) is 38.9 Å². The first-order valence-corrected chi connectivity index (χ1v) is 11.9. The molecule has 3 aromatic rings. The van der Waals surface area contributed by atoms with Gasteiger partial charge in [-0.2, -0.15) is 0 Å². The average Bonchev–Trinajstić information content (AvgIpc) is 3.42. The zero-order chi connectivity index (χ0) is 22.4. The molecule has 1 unspecified atom stereocenters. The molecule has 0 aromatic heterocycles. The van der Waals surface area contributed by atoms with Crippen molar-refractivity contribution in [3.8, 4) is 11.1 Å². The van der Waals surface area contributed by atoms with Crippen LogP contribution in [0.3, 0.4) is 0 Å². The fourth-order valence-corrected chi connectivity index (χ4v) is 6.01. The summed E-state index contributed by atoms with van der Waals surface area (Å²) in [6.45, 7) is 4.87. The number of halogens is 2. The maximum Gasteiger partial charge on any atom is 0.407 e. The molecule has 35 heavy (non-hydrogen) atoms. The zero-order valence-electron chi connectivity index (χ0n) is 19.5. The molecule has 3 aliphatic rings. The van der Waals surface area contributed by atoms with E-state index in [4.69, 9.17) is 0 Å². The SMILES string of the molecule is Cl.Cl.O=C(O)N1CCN(Cc2ccc3c(c2)CNC3)CC1CC1c2ccccc2-c2ccccc21. The Morgan fingerprint density at radius 2 is 1.54 bits per heavy atom. The molecule has 1 fully saturated rings. The van der Waals surface area contributed by atoms with Crippen LogP contribution in [0.1, 0.15) is 40.2 Å². The van der Waals surface area contributed by atoms with Crippen LogP contribution >= 0.6 is 24.8 Å². The lowest BCUT2D eigenvalue weighted by Crippen LogP contribution is -2.54. The zero-order valence-corrected chi connectivity index (χ0v) is 21.2. The summed E-state index contributed by atoms with van der Waals surface area (Å²) in [5.41, 5.74) is 9.34. The van der Waals surface area contributed by atoms with Crippen molar-refractivity contribution in [2.75, 3.05) is 19.6 Å². The third-order valence-electron chi connectivity index (χ3n) is 7.59. The van der Waals surface area contributed by atoms with E-state index in [9.17, 15) is 9.90 Å². The molecule has 184 valence electrons. The van der Waals surface area contributed by atoms with Crippen molar-refractivity contribution in [2.24, 2.45) is 0 Å². The quantitative estimate of drug-likeness (QED) is 0.485. The van der Waals surface area contributed by atoms with Crippen molar-refractivity contribution in [3.05, 3.63) is 94.5 Å². The maximum absolute atomic E-state index is 12.1. The summed E-state index contributed by atoms with van der Waals surface area (Å²) >= 11 is 0. The number of amides is 1. The number of rotatable bonds is 4. The predicted octanol–water partition coefficient (Wildman–Crippen LogP) is 5.50. The minimum absolute atomic E-state index is 0. The Balaban J connectivity index is 0.00000144. The van der Waals surface area contributed by atoms with E-state index in [0.29, 0.717) is 6.54 Å². The minimum atomic E-state index is -0.803. The van der Waals surface area contributed by atoms with E-state index in [0.717, 1.165) is 39.1 Å². The summed E-state index contributed by atoms with van der Waals surface area (Å²) in [6.07, 6.45) is 0.00751. The maximum atomic E-state index is 12.1. The number of benzene rings is 3. The summed E-state index contributed by atoms with van der Waals surface area (Å²) in [5, 5.41) is 13.4. The van der Waals surface area contributed by atoms with Crippen LogP contribution in [0.5, 0.6) is 0 Å². The van der Waals surface area contributed by atoms with Gasteiger partial charge in [0.1, 0.15) is 0 Å². The Kier molecular flexibility index (Phi) is 7.72. The molecule has 3 aromatic carbocycles. The monoisotopic (exact) mass is 511 g/mol. The van der Waals surface area contributed by atoms with Gasteiger partial charge in [-0.05, 0) is 45.4 Å². The van der Waals surface area contributed by atoms with Gasteiger partial charge in [0.15, 0.2) is 0 Å². The molecule has 0 bridgehead atoms. The van der Waals surface area contributed by atoms with Gasteiger partial charge in [0.25, 0.3) is 0 Å². The molecule has 2 heterocycles. The van der Waals surface area contributed by atoms with Crippen LogP contribution in [-0.4, -0.2) is 46.7 Å². The summed E-state index contributed by atoms with van der Waals surface area (Å²) in [6, 6.07) is 24.0. The number of carboxylic acid groups (broad SMARTS) is 1. The van der Waals surface area contributed by atoms with Crippen molar-refractivity contribution in [1.29, 1.82) is 0 Å². The highest BCUT2D eigenvalue weighted by molar-refractivity contribution is 5.85. The topological polar surface area (TPSA) is 55.8 Å². The van der Waals surface area contributed by atoms with Crippen LogP contribution in [0.15, 0.2) is 66.7 Å². The van der Waals surface area contributed by atoms with Crippen molar-refractivity contribution < 1.29 is 9.90 Å². The lowest BCUT2D eigenvalue weighted by Gasteiger charge is -2.41. The van der Waals surface area contributed by atoms with Crippen molar-refractivity contribution in [3.63, 3.8) is 0 Å². The average molecular weight is 512 g/mol. The van der Waals surface area contributed by atoms with Crippen LogP contribution in [-0.2, 0) is 19.6 Å². The molecule has 5 nitrogen and oxygen atoms in total. The normalized spacial score (nSPS) is 18.7. The van der Waals surface area contributed by atoms with Gasteiger partial charge < -0.3 is 15.3 Å². The van der Waals surface area contributed by atoms with Gasteiger partial charge in [-0.3, -0.25) is 4.90 Å². The standard InChI is InChI=1S/C28H29N3O2.2ClH/c32-28(33)31-12-11-30(17-19-9-10-20-15-29-16-21(20)13-19)18-22(31)14-27-25-7-3-1-5-23(25)24-6-2-4-8-26(24)27;;/h1-10,13,22,27,29H,11-12,14-18H2,(H,32,33);2*1H. The number of hydrogen-bond acceptors (Lipinski definition) is 3. The third kappa shape index (κ3) is 4.78. The lowest BCUT2D eigenvalue weighted by molar-refractivity contribution is 0.0597. The van der Waals surface area contributed by atoms with Crippen molar-refractivity contribution in [2.45, 2.75) is 38.0 Å². The van der Waals surface area contributed by atoms with E-state index in [1.54, 1.807) is 4.90 Å². The highest BCUT2D eigenvalue weighted by Crippen LogP contribution is 2.47. The highest BCUT2D eigenvalue weighted by atomic mass is 35.5. The number of carbonyl (C=O) groups is 1. The Morgan fingerprint density at radius 3 is 2.23 bits per heavy atom. The Hall–Kier alpha value is -2.57. The van der Waals surface area contributed by atoms with Gasteiger partial charge in [-0.1, -0.05) is 66.7 Å². The predicted molar refractivity (Wildman–Crippen MR) is 144 cm³/mol. The molecule has 2 N–H and O–H groups in total. The van der Waals surface area contributed by atoms with Gasteiger partial charge in [-0.25, -0.2) is 4.79 Å². The van der Waals surface area contributed by atoms with Gasteiger partial charge in [-0.15, -0.1) is 24.8 Å². The van der Waals surface area contributed by atoms with Crippen molar-refractivity contribution in [1.82, 2.24) is 15.1 Å². The molecule has 7 heteroatoms. The second-order valence-electron chi connectivity index (χ2n) is 9.53. The number of hydrogen-bond donors (Lipinski definition) is 2. The van der Waals surface area contributed by atoms with Gasteiger partial charge >= 0.3 is 6.09 Å². The van der Waals surface area contributed by atoms with Crippen LogP contribution < -0.4 is 5.32 Å². The lowest BCUT2D eigenvalue weighted by atomic mass is 9.88. The van der Waals surface area contributed by atoms with Crippen LogP contribution in [0.25, 0.3) is 11.1 Å². The van der Waals surface area contributed by atoms with Crippen LogP contribution in [0.2, 0.25) is 0 Å². The van der Waals surface area contributed by atoms with Gasteiger partial charge in [0.05, 0.1) is 0 Å². The van der Waals surface area contributed by atoms with Gasteiger partial charge in [0.2, 0.25) is 0 Å². The first-order valence-electron chi connectivity index (χ1n) is 11.9. The first kappa shape index (κ1) is 25.5. The molecule has 0 saturated carbocycles. The number of nitrogens with one attached hydrogen (secondary N) is 1. The highest BCUT2D eigenvalue weighted by Gasteiger charge is 2.36. The van der Waals surface area contributed by atoms with Gasteiger partial charge in [0, 0.05) is 51.2 Å². The largest absolute Gasteiger partial charge is 0.465 e. The molecular formula is C28H31Cl2N3O2. The molecule has 6 rings (SSSR count). The Morgan fingerprint density at radius 1 is 0.886 bits per heavy atom. The Bertz CT molecular complexity index is 1170. The third-order valence-corrected chi connectivity index (χ3v) is 7.59. The molecule has 0 radical (unpaired) electrons. The van der Waals surface area contributed by atoms with Crippen LogP contribution in [0.4, 0.5) is 4.79 Å². The van der Waals surface area contributed by atoms with E-state index >= 15 is 0 Å². The van der Waals surface area contributed by atoms with Crippen molar-refractivity contribution >= 4 is 30.9 Å². The van der Waals surface area contributed by atoms with Crippen LogP contribution in [0, 0.1) is 0 Å². The second kappa shape index (κ2) is 10.6. The van der Waals surface area contributed by atoms with E-state index in [1.807, 2.05) is 0 Å². The molecular weight excluding hydrogens is 481 g/mol. The smallest absolute Gasteiger partial charge is 0.407 e. The Labute approximate surface area is 219 Å². The molecule has 0 spiro atoms. The first-order chi connectivity index (χ1) is 16.2. The summed E-state index contributed by atoms with van der Waals surface area (Å²) in [7, 11) is 0. The fourth-order valence-electron chi connectivity index (χ4n) is 6.01. The van der Waals surface area contributed by atoms with E-state index in [-0.39, 0.29) is 36.8 Å². The molecule has 1 aliphatic carbocycles. The number of fused-ring (bicyclic) bond motifs is 4. The molecule has 1 amide bonds. The summed E-state index contributed by atoms with van der Waals surface area (Å²) < 4.78 is 0. The van der Waals surface area contributed by atoms with E-state index in [2.05, 4.69) is 76.9 Å². The van der Waals surface area contributed by atoms with E-state index < -0.39 is 6.09 Å². The second-order valence-corrected chi connectivity index (χ2v) is 9.53. The molecule has 1 saturated heterocycles. The molecule has 1 atom stereocenters. The summed E-state index contributed by atoms with van der Waals surface area (Å²) in [4.78, 5) is 16.2.